The molecule has 0 radical (unpaired) electrons. The average Bonchev–Trinajstić information content (AvgIpc) is 3.15. The molecular weight excluding hydrogens is 412 g/mol. The zero-order valence-electron chi connectivity index (χ0n) is 17.4. The molecule has 6 nitrogen and oxygen atoms in total. The number of fused-ring (bicyclic) bond motifs is 5. The van der Waals surface area contributed by atoms with Crippen LogP contribution >= 0.6 is 0 Å². The molecule has 31 heavy (non-hydrogen) atoms. The molecule has 5 rings (SSSR count). The molecule has 0 N–H and O–H groups in total. The summed E-state index contributed by atoms with van der Waals surface area (Å²) in [5.41, 5.74) is 7.51. The number of nitrogens with zero attached hydrogens (tertiary/aromatic N) is 2. The molecule has 158 valence electrons. The molecule has 0 fully saturated rings. The Hall–Kier alpha value is -3.26. The molecule has 3 heterocycles. The summed E-state index contributed by atoms with van der Waals surface area (Å²) in [5, 5.41) is 2.59. The van der Waals surface area contributed by atoms with Crippen molar-refractivity contribution >= 4 is 37.7 Å². The number of hydrogen-bond acceptors (Lipinski definition) is 4. The third-order valence-electron chi connectivity index (χ3n) is 5.32. The van der Waals surface area contributed by atoms with Crippen LogP contribution in [0.1, 0.15) is 5.56 Å². The van der Waals surface area contributed by atoms with Gasteiger partial charge in [-0.2, -0.15) is 4.57 Å². The Balaban J connectivity index is 0.000000342. The molecule has 5 aromatic rings. The minimum Gasteiger partial charge on any atom is -0.726 e. The van der Waals surface area contributed by atoms with Gasteiger partial charge in [-0.3, -0.25) is 4.18 Å². The van der Waals surface area contributed by atoms with E-state index in [1.807, 2.05) is 0 Å². The summed E-state index contributed by atoms with van der Waals surface area (Å²) in [7, 11) is -1.44. The summed E-state index contributed by atoms with van der Waals surface area (Å²) in [4.78, 5) is 0. The van der Waals surface area contributed by atoms with E-state index in [1.165, 1.54) is 44.1 Å². The molecule has 0 atom stereocenters. The molecule has 0 aliphatic rings. The van der Waals surface area contributed by atoms with Crippen LogP contribution in [0.4, 0.5) is 0 Å². The minimum absolute atomic E-state index is 0.808. The Kier molecular flexibility index (Phi) is 5.49. The summed E-state index contributed by atoms with van der Waals surface area (Å²) >= 11 is 0. The fraction of sp³-hybridized carbons (Fsp3) is 0.125. The minimum atomic E-state index is -4.41. The first kappa shape index (κ1) is 21.0. The number of pyridine rings is 2. The first-order chi connectivity index (χ1) is 14.8. The van der Waals surface area contributed by atoms with Crippen molar-refractivity contribution in [1.82, 2.24) is 4.40 Å². The van der Waals surface area contributed by atoms with Crippen LogP contribution in [0, 0.1) is 6.92 Å². The second-order valence-corrected chi connectivity index (χ2v) is 8.42. The van der Waals surface area contributed by atoms with Crippen LogP contribution in [-0.4, -0.2) is 24.5 Å². The van der Waals surface area contributed by atoms with Crippen LogP contribution < -0.4 is 4.57 Å². The molecule has 7 heteroatoms. The Labute approximate surface area is 180 Å². The zero-order chi connectivity index (χ0) is 22.2. The molecule has 0 spiro atoms. The molecule has 2 aromatic carbocycles. The summed E-state index contributed by atoms with van der Waals surface area (Å²) in [6.07, 6.45) is 2.16. The van der Waals surface area contributed by atoms with Crippen LogP contribution in [0.3, 0.4) is 0 Å². The molecule has 0 unspecified atom stereocenters. The van der Waals surface area contributed by atoms with Crippen LogP contribution in [0.25, 0.3) is 38.6 Å². The summed E-state index contributed by atoms with van der Waals surface area (Å²) < 4.78 is 35.6. The number of rotatable bonds is 2. The van der Waals surface area contributed by atoms with E-state index in [-0.39, 0.29) is 0 Å². The van der Waals surface area contributed by atoms with Crippen LogP contribution in [0.5, 0.6) is 0 Å². The van der Waals surface area contributed by atoms with Crippen molar-refractivity contribution in [2.75, 3.05) is 7.11 Å². The van der Waals surface area contributed by atoms with Crippen molar-refractivity contribution in [3.05, 3.63) is 84.6 Å². The van der Waals surface area contributed by atoms with Gasteiger partial charge < -0.3 is 8.95 Å². The smallest absolute Gasteiger partial charge is 0.237 e. The summed E-state index contributed by atoms with van der Waals surface area (Å²) in [6, 6.07) is 26.1. The van der Waals surface area contributed by atoms with E-state index in [0.717, 1.165) is 7.11 Å². The summed E-state index contributed by atoms with van der Waals surface area (Å²) in [6.45, 7) is 2.13. The van der Waals surface area contributed by atoms with Gasteiger partial charge in [-0.25, -0.2) is 8.42 Å². The Bertz CT molecular complexity index is 1500. The Morgan fingerprint density at radius 3 is 2.26 bits per heavy atom. The monoisotopic (exact) mass is 434 g/mol. The predicted octanol–water partition coefficient (Wildman–Crippen LogP) is 4.14. The third kappa shape index (κ3) is 4.03. The fourth-order valence-corrected chi connectivity index (χ4v) is 3.89. The second-order valence-electron chi connectivity index (χ2n) is 7.27. The highest BCUT2D eigenvalue weighted by Crippen LogP contribution is 2.33. The SMILES string of the molecule is COS(=O)(=O)[O-].Cc1ccc(-c2c3c(cc4ccccn43)c3ccccc3[n+]2C)cc1. The first-order valence-electron chi connectivity index (χ1n) is 9.69. The van der Waals surface area contributed by atoms with Crippen LogP contribution in [0.2, 0.25) is 0 Å². The summed E-state index contributed by atoms with van der Waals surface area (Å²) in [5.74, 6) is 0. The van der Waals surface area contributed by atoms with Gasteiger partial charge in [0.05, 0.1) is 12.5 Å². The van der Waals surface area contributed by atoms with E-state index in [4.69, 9.17) is 0 Å². The zero-order valence-corrected chi connectivity index (χ0v) is 18.3. The first-order valence-corrected chi connectivity index (χ1v) is 11.0. The molecule has 0 aliphatic heterocycles. The van der Waals surface area contributed by atoms with Crippen molar-refractivity contribution in [3.8, 4) is 11.3 Å². The largest absolute Gasteiger partial charge is 0.726 e. The second kappa shape index (κ2) is 8.11. The number of aromatic nitrogens is 2. The number of aryl methyl sites for hydroxylation is 2. The predicted molar refractivity (Wildman–Crippen MR) is 120 cm³/mol. The Morgan fingerprint density at radius 2 is 1.58 bits per heavy atom. The lowest BCUT2D eigenvalue weighted by Gasteiger charge is -2.08. The molecule has 0 saturated carbocycles. The van der Waals surface area contributed by atoms with Crippen LogP contribution in [-0.2, 0) is 21.6 Å². The van der Waals surface area contributed by atoms with Gasteiger partial charge in [-0.1, -0.05) is 35.9 Å². The standard InChI is InChI=1S/C23H19N2.CH4O4S/c1-16-10-12-17(13-11-16)22-23-20(15-18-7-5-6-14-25(18)23)19-8-3-4-9-21(19)24(22)2;1-5-6(2,3)4/h3-15H,1-2H3;1H3,(H,2,3,4)/q+1;/p-1. The fourth-order valence-electron chi connectivity index (χ4n) is 3.89. The third-order valence-corrected chi connectivity index (χ3v) is 5.73. The molecule has 0 bridgehead atoms. The molecule has 3 aromatic heterocycles. The van der Waals surface area contributed by atoms with Gasteiger partial charge in [-0.15, -0.1) is 0 Å². The van der Waals surface area contributed by atoms with Crippen LogP contribution in [0.15, 0.2) is 79.0 Å². The maximum absolute atomic E-state index is 9.22. The molecule has 0 amide bonds. The van der Waals surface area contributed by atoms with Crippen molar-refractivity contribution in [3.63, 3.8) is 0 Å². The highest BCUT2D eigenvalue weighted by molar-refractivity contribution is 7.80. The van der Waals surface area contributed by atoms with Crippen molar-refractivity contribution in [2.45, 2.75) is 6.92 Å². The topological polar surface area (TPSA) is 74.7 Å². The highest BCUT2D eigenvalue weighted by atomic mass is 32.3. The van der Waals surface area contributed by atoms with Crippen molar-refractivity contribution in [2.24, 2.45) is 7.05 Å². The molecular formula is C24H22N2O4S. The van der Waals surface area contributed by atoms with E-state index in [2.05, 4.69) is 106 Å². The van der Waals surface area contributed by atoms with E-state index >= 15 is 0 Å². The highest BCUT2D eigenvalue weighted by Gasteiger charge is 2.23. The molecule has 0 saturated heterocycles. The van der Waals surface area contributed by atoms with Gasteiger partial charge in [-0.05, 0) is 43.3 Å². The van der Waals surface area contributed by atoms with Gasteiger partial charge in [0.15, 0.2) is 0 Å². The van der Waals surface area contributed by atoms with E-state index in [9.17, 15) is 13.0 Å². The lowest BCUT2D eigenvalue weighted by atomic mass is 10.0. The van der Waals surface area contributed by atoms with E-state index in [1.54, 1.807) is 0 Å². The molecule has 0 aliphatic carbocycles. The lowest BCUT2D eigenvalue weighted by molar-refractivity contribution is -0.632. The normalized spacial score (nSPS) is 11.6. The lowest BCUT2D eigenvalue weighted by Crippen LogP contribution is -2.32. The van der Waals surface area contributed by atoms with Crippen molar-refractivity contribution in [1.29, 1.82) is 0 Å². The number of para-hydroxylation sites is 1. The van der Waals surface area contributed by atoms with Gasteiger partial charge in [0.1, 0.15) is 12.6 Å². The van der Waals surface area contributed by atoms with Gasteiger partial charge >= 0.3 is 0 Å². The number of hydrogen-bond donors (Lipinski definition) is 0. The quantitative estimate of drug-likeness (QED) is 0.238. The van der Waals surface area contributed by atoms with Gasteiger partial charge in [0, 0.05) is 28.7 Å². The Morgan fingerprint density at radius 1 is 0.935 bits per heavy atom. The maximum atomic E-state index is 9.22. The maximum Gasteiger partial charge on any atom is 0.237 e. The van der Waals surface area contributed by atoms with Gasteiger partial charge in [0.2, 0.25) is 21.6 Å². The van der Waals surface area contributed by atoms with E-state index < -0.39 is 10.4 Å². The average molecular weight is 435 g/mol. The van der Waals surface area contributed by atoms with Crippen molar-refractivity contribution < 1.29 is 21.7 Å². The van der Waals surface area contributed by atoms with Gasteiger partial charge in [0.25, 0.3) is 0 Å². The van der Waals surface area contributed by atoms with E-state index in [0.29, 0.717) is 0 Å². The number of benzene rings is 2.